The Hall–Kier alpha value is -3.65. The number of hydrogen-bond acceptors (Lipinski definition) is 4. The van der Waals surface area contributed by atoms with E-state index in [2.05, 4.69) is 21.0 Å². The fourth-order valence-corrected chi connectivity index (χ4v) is 3.24. The summed E-state index contributed by atoms with van der Waals surface area (Å²) in [7, 11) is 0. The number of nitrogens with zero attached hydrogens (tertiary/aromatic N) is 2. The van der Waals surface area contributed by atoms with Gasteiger partial charge in [-0.3, -0.25) is 14.9 Å². The average Bonchev–Trinajstić information content (AvgIpc) is 3.27. The lowest BCUT2D eigenvalue weighted by atomic mass is 9.92. The third-order valence-corrected chi connectivity index (χ3v) is 4.87. The van der Waals surface area contributed by atoms with Crippen LogP contribution in [0.2, 0.25) is 5.02 Å². The third-order valence-electron chi connectivity index (χ3n) is 4.64. The Kier molecular flexibility index (Phi) is 4.56. The highest BCUT2D eigenvalue weighted by Gasteiger charge is 2.43. The SMILES string of the molecule is CC1(c2cccc(NC(=O)c3ccn(-c4cccc(Cl)c4)n3)c2)NC(=O)NC1=O. The highest BCUT2D eigenvalue weighted by atomic mass is 35.5. The van der Waals surface area contributed by atoms with Crippen LogP contribution in [0.4, 0.5) is 10.5 Å². The third kappa shape index (κ3) is 3.57. The van der Waals surface area contributed by atoms with E-state index in [9.17, 15) is 14.4 Å². The van der Waals surface area contributed by atoms with Crippen LogP contribution in [0.15, 0.2) is 60.8 Å². The number of amides is 4. The molecule has 0 radical (unpaired) electrons. The molecule has 1 aliphatic heterocycles. The Labute approximate surface area is 170 Å². The van der Waals surface area contributed by atoms with Gasteiger partial charge in [-0.05, 0) is 48.9 Å². The Balaban J connectivity index is 1.54. The number of aromatic nitrogens is 2. The van der Waals surface area contributed by atoms with E-state index in [0.29, 0.717) is 16.3 Å². The van der Waals surface area contributed by atoms with Crippen LogP contribution in [0.3, 0.4) is 0 Å². The topological polar surface area (TPSA) is 105 Å². The molecule has 1 atom stereocenters. The van der Waals surface area contributed by atoms with Gasteiger partial charge in [-0.15, -0.1) is 0 Å². The number of carbonyl (C=O) groups excluding carboxylic acids is 3. The van der Waals surface area contributed by atoms with E-state index in [1.165, 1.54) is 0 Å². The summed E-state index contributed by atoms with van der Waals surface area (Å²) in [6.45, 7) is 1.60. The van der Waals surface area contributed by atoms with Crippen molar-refractivity contribution in [3.8, 4) is 5.69 Å². The molecule has 2 aromatic carbocycles. The lowest BCUT2D eigenvalue weighted by Crippen LogP contribution is -2.40. The highest BCUT2D eigenvalue weighted by molar-refractivity contribution is 6.30. The first kappa shape index (κ1) is 18.7. The summed E-state index contributed by atoms with van der Waals surface area (Å²) in [5.74, 6) is -0.862. The molecule has 8 nitrogen and oxygen atoms in total. The molecule has 146 valence electrons. The molecule has 0 spiro atoms. The molecule has 1 fully saturated rings. The molecule has 29 heavy (non-hydrogen) atoms. The number of benzene rings is 2. The van der Waals surface area contributed by atoms with Crippen LogP contribution in [0, 0.1) is 0 Å². The zero-order chi connectivity index (χ0) is 20.6. The molecule has 9 heteroatoms. The number of imide groups is 1. The molecule has 1 aliphatic rings. The van der Waals surface area contributed by atoms with Gasteiger partial charge in [0.15, 0.2) is 5.69 Å². The summed E-state index contributed by atoms with van der Waals surface area (Å²) in [5.41, 5.74) is 0.762. The van der Waals surface area contributed by atoms with Crippen LogP contribution in [0.25, 0.3) is 5.69 Å². The van der Waals surface area contributed by atoms with Crippen molar-refractivity contribution in [3.63, 3.8) is 0 Å². The van der Waals surface area contributed by atoms with Gasteiger partial charge in [-0.25, -0.2) is 9.48 Å². The van der Waals surface area contributed by atoms with Gasteiger partial charge >= 0.3 is 6.03 Å². The zero-order valence-electron chi connectivity index (χ0n) is 15.3. The van der Waals surface area contributed by atoms with Gasteiger partial charge in [-0.2, -0.15) is 5.10 Å². The lowest BCUT2D eigenvalue weighted by molar-refractivity contribution is -0.123. The summed E-state index contributed by atoms with van der Waals surface area (Å²) < 4.78 is 1.55. The molecular weight excluding hydrogens is 394 g/mol. The van der Waals surface area contributed by atoms with Crippen LogP contribution in [-0.4, -0.2) is 27.6 Å². The van der Waals surface area contributed by atoms with E-state index in [1.807, 2.05) is 6.07 Å². The van der Waals surface area contributed by atoms with Gasteiger partial charge in [-0.1, -0.05) is 29.8 Å². The van der Waals surface area contributed by atoms with Crippen LogP contribution in [-0.2, 0) is 10.3 Å². The quantitative estimate of drug-likeness (QED) is 0.576. The number of hydrogen-bond donors (Lipinski definition) is 3. The van der Waals surface area contributed by atoms with Crippen LogP contribution >= 0.6 is 11.6 Å². The van der Waals surface area contributed by atoms with Crippen molar-refractivity contribution in [2.75, 3.05) is 5.32 Å². The van der Waals surface area contributed by atoms with Gasteiger partial charge in [0.1, 0.15) is 5.54 Å². The van der Waals surface area contributed by atoms with Crippen molar-refractivity contribution in [3.05, 3.63) is 77.1 Å². The molecule has 3 N–H and O–H groups in total. The summed E-state index contributed by atoms with van der Waals surface area (Å²) in [6.07, 6.45) is 1.66. The van der Waals surface area contributed by atoms with Gasteiger partial charge in [0.25, 0.3) is 11.8 Å². The number of carbonyl (C=O) groups is 3. The van der Waals surface area contributed by atoms with Crippen LogP contribution in [0.1, 0.15) is 23.0 Å². The van der Waals surface area contributed by atoms with Gasteiger partial charge in [0, 0.05) is 16.9 Å². The summed E-state index contributed by atoms with van der Waals surface area (Å²) in [6, 6.07) is 14.9. The van der Waals surface area contributed by atoms with Crippen LogP contribution in [0.5, 0.6) is 0 Å². The largest absolute Gasteiger partial charge is 0.322 e. The first-order valence-electron chi connectivity index (χ1n) is 8.72. The monoisotopic (exact) mass is 409 g/mol. The molecule has 1 unspecified atom stereocenters. The molecule has 0 bridgehead atoms. The van der Waals surface area contributed by atoms with Gasteiger partial charge in [0.05, 0.1) is 5.69 Å². The normalized spacial score (nSPS) is 18.3. The van der Waals surface area contributed by atoms with E-state index < -0.39 is 23.4 Å². The fraction of sp³-hybridized carbons (Fsp3) is 0.100. The number of anilines is 1. The Bertz CT molecular complexity index is 1140. The van der Waals surface area contributed by atoms with Crippen molar-refractivity contribution in [1.82, 2.24) is 20.4 Å². The zero-order valence-corrected chi connectivity index (χ0v) is 16.0. The number of urea groups is 1. The summed E-state index contributed by atoms with van der Waals surface area (Å²) in [4.78, 5) is 36.2. The second kappa shape index (κ2) is 7.06. The van der Waals surface area contributed by atoms with E-state index in [1.54, 1.807) is 66.3 Å². The fourth-order valence-electron chi connectivity index (χ4n) is 3.06. The standard InChI is InChI=1S/C20H16ClN5O3/c1-20(18(28)23-19(29)24-20)12-4-2-6-14(10-12)22-17(27)16-8-9-26(25-16)15-7-3-5-13(21)11-15/h2-11H,1H3,(H,22,27)(H2,23,24,28,29). The van der Waals surface area contributed by atoms with E-state index in [-0.39, 0.29) is 5.69 Å². The highest BCUT2D eigenvalue weighted by Crippen LogP contribution is 2.26. The maximum absolute atomic E-state index is 12.6. The van der Waals surface area contributed by atoms with Crippen molar-refractivity contribution < 1.29 is 14.4 Å². The minimum absolute atomic E-state index is 0.216. The molecule has 2 heterocycles. The van der Waals surface area contributed by atoms with Gasteiger partial charge < -0.3 is 10.6 Å². The maximum Gasteiger partial charge on any atom is 0.322 e. The van der Waals surface area contributed by atoms with Crippen molar-refractivity contribution in [1.29, 1.82) is 0 Å². The average molecular weight is 410 g/mol. The molecule has 1 aromatic heterocycles. The summed E-state index contributed by atoms with van der Waals surface area (Å²) in [5, 5.41) is 12.4. The molecule has 1 saturated heterocycles. The predicted molar refractivity (Wildman–Crippen MR) is 107 cm³/mol. The maximum atomic E-state index is 12.6. The Morgan fingerprint density at radius 1 is 1.14 bits per heavy atom. The first-order chi connectivity index (χ1) is 13.8. The molecule has 4 rings (SSSR count). The second-order valence-electron chi connectivity index (χ2n) is 6.69. The van der Waals surface area contributed by atoms with E-state index in [4.69, 9.17) is 11.6 Å². The molecule has 0 saturated carbocycles. The minimum Gasteiger partial charge on any atom is -0.321 e. The Morgan fingerprint density at radius 3 is 2.66 bits per heavy atom. The summed E-state index contributed by atoms with van der Waals surface area (Å²) >= 11 is 6.00. The Morgan fingerprint density at radius 2 is 1.93 bits per heavy atom. The van der Waals surface area contributed by atoms with E-state index >= 15 is 0 Å². The predicted octanol–water partition coefficient (Wildman–Crippen LogP) is 2.83. The van der Waals surface area contributed by atoms with Gasteiger partial charge in [0.2, 0.25) is 0 Å². The first-order valence-corrected chi connectivity index (χ1v) is 9.10. The van der Waals surface area contributed by atoms with Crippen LogP contribution < -0.4 is 16.0 Å². The van der Waals surface area contributed by atoms with Crippen molar-refractivity contribution in [2.24, 2.45) is 0 Å². The molecular formula is C20H16ClN5O3. The smallest absolute Gasteiger partial charge is 0.321 e. The minimum atomic E-state index is -1.20. The lowest BCUT2D eigenvalue weighted by Gasteiger charge is -2.21. The van der Waals surface area contributed by atoms with Crippen molar-refractivity contribution >= 4 is 35.1 Å². The van der Waals surface area contributed by atoms with Crippen molar-refractivity contribution in [2.45, 2.75) is 12.5 Å². The number of rotatable bonds is 4. The molecule has 0 aliphatic carbocycles. The molecule has 4 amide bonds. The number of halogens is 1. The molecule has 3 aromatic rings. The number of nitrogens with one attached hydrogen (secondary N) is 3. The van der Waals surface area contributed by atoms with E-state index in [0.717, 1.165) is 5.69 Å². The second-order valence-corrected chi connectivity index (χ2v) is 7.13.